The Labute approximate surface area is 118 Å². The fourth-order valence-electron chi connectivity index (χ4n) is 1.43. The molecule has 0 saturated heterocycles. The molecule has 1 rings (SSSR count). The largest absolute Gasteiger partial charge is 0.486 e. The highest BCUT2D eigenvalue weighted by Gasteiger charge is 2.23. The molecule has 100 valence electrons. The molecule has 1 aromatic carbocycles. The molecule has 0 aromatic heterocycles. The fourth-order valence-corrected chi connectivity index (χ4v) is 2.14. The number of nitrogens with zero attached hydrogens (tertiary/aromatic N) is 1. The van der Waals surface area contributed by atoms with E-state index in [0.717, 1.165) is 5.75 Å². The molecular formula is C11H14BrNO4S. The summed E-state index contributed by atoms with van der Waals surface area (Å²) in [6.07, 6.45) is 1.10. The van der Waals surface area contributed by atoms with Crippen LogP contribution in [0.15, 0.2) is 16.6 Å². The van der Waals surface area contributed by atoms with Crippen LogP contribution in [0, 0.1) is 10.1 Å². The Hall–Kier alpha value is -0.790. The van der Waals surface area contributed by atoms with Crippen molar-refractivity contribution in [2.45, 2.75) is 13.0 Å². The summed E-state index contributed by atoms with van der Waals surface area (Å²) in [5, 5.41) is 20.7. The van der Waals surface area contributed by atoms with Gasteiger partial charge in [0.05, 0.1) is 17.6 Å². The smallest absolute Gasteiger partial charge is 0.312 e. The van der Waals surface area contributed by atoms with E-state index in [0.29, 0.717) is 16.6 Å². The van der Waals surface area contributed by atoms with Crippen LogP contribution in [0.4, 0.5) is 5.69 Å². The van der Waals surface area contributed by atoms with Crippen LogP contribution in [0.3, 0.4) is 0 Å². The number of hydrogen-bond donors (Lipinski definition) is 1. The van der Waals surface area contributed by atoms with Crippen LogP contribution in [-0.2, 0) is 0 Å². The van der Waals surface area contributed by atoms with Gasteiger partial charge in [-0.25, -0.2) is 0 Å². The number of nitro groups is 1. The molecule has 0 saturated carbocycles. The number of aliphatic hydroxyl groups is 1. The van der Waals surface area contributed by atoms with Gasteiger partial charge in [0.15, 0.2) is 0 Å². The first kappa shape index (κ1) is 15.3. The zero-order chi connectivity index (χ0) is 13.7. The molecule has 7 heteroatoms. The first-order chi connectivity index (χ1) is 8.47. The Morgan fingerprint density at radius 3 is 2.78 bits per heavy atom. The Bertz CT molecular complexity index is 439. The van der Waals surface area contributed by atoms with Crippen molar-refractivity contribution in [2.24, 2.45) is 0 Å². The predicted octanol–water partition coefficient (Wildman–Crippen LogP) is 3.15. The summed E-state index contributed by atoms with van der Waals surface area (Å²) in [5.74, 6) is 0.874. The summed E-state index contributed by atoms with van der Waals surface area (Å²) in [5.41, 5.74) is 0.276. The minimum absolute atomic E-state index is 0.138. The molecule has 0 amide bonds. The van der Waals surface area contributed by atoms with Crippen molar-refractivity contribution in [1.29, 1.82) is 0 Å². The topological polar surface area (TPSA) is 72.6 Å². The average Bonchev–Trinajstić information content (AvgIpc) is 2.30. The molecule has 0 spiro atoms. The third kappa shape index (κ3) is 3.86. The lowest BCUT2D eigenvalue weighted by Gasteiger charge is -2.14. The number of hydrogen-bond acceptors (Lipinski definition) is 5. The second-order valence-corrected chi connectivity index (χ2v) is 5.52. The zero-order valence-corrected chi connectivity index (χ0v) is 12.5. The standard InChI is InChI=1S/C11H14BrNO4S/c1-7(14)9-5-8(12)6-10(13(15)16)11(9)17-3-4-18-2/h5-7,14H,3-4H2,1-2H3/t7-/m1/s1. The minimum Gasteiger partial charge on any atom is -0.486 e. The van der Waals surface area contributed by atoms with E-state index in [1.54, 1.807) is 24.8 Å². The van der Waals surface area contributed by atoms with Gasteiger partial charge in [-0.15, -0.1) is 0 Å². The highest BCUT2D eigenvalue weighted by atomic mass is 79.9. The molecule has 0 radical (unpaired) electrons. The highest BCUT2D eigenvalue weighted by molar-refractivity contribution is 9.10. The lowest BCUT2D eigenvalue weighted by Crippen LogP contribution is -2.07. The van der Waals surface area contributed by atoms with Gasteiger partial charge in [-0.05, 0) is 19.2 Å². The van der Waals surface area contributed by atoms with Gasteiger partial charge in [0.25, 0.3) is 0 Å². The van der Waals surface area contributed by atoms with Crippen LogP contribution in [0.5, 0.6) is 5.75 Å². The molecule has 0 bridgehead atoms. The van der Waals surface area contributed by atoms with Crippen molar-refractivity contribution in [3.63, 3.8) is 0 Å². The molecule has 1 N–H and O–H groups in total. The van der Waals surface area contributed by atoms with Gasteiger partial charge in [0.2, 0.25) is 5.75 Å². The molecule has 0 unspecified atom stereocenters. The SMILES string of the molecule is CSCCOc1c([C@@H](C)O)cc(Br)cc1[N+](=O)[O-]. The lowest BCUT2D eigenvalue weighted by molar-refractivity contribution is -0.386. The molecule has 0 aliphatic heterocycles. The number of halogens is 1. The highest BCUT2D eigenvalue weighted by Crippen LogP contribution is 2.37. The van der Waals surface area contributed by atoms with Gasteiger partial charge in [-0.2, -0.15) is 11.8 Å². The molecule has 0 fully saturated rings. The summed E-state index contributed by atoms with van der Waals surface area (Å²) in [6.45, 7) is 1.91. The Morgan fingerprint density at radius 1 is 1.61 bits per heavy atom. The van der Waals surface area contributed by atoms with Gasteiger partial charge >= 0.3 is 5.69 Å². The van der Waals surface area contributed by atoms with Crippen molar-refractivity contribution in [2.75, 3.05) is 18.6 Å². The number of thioether (sulfide) groups is 1. The van der Waals surface area contributed by atoms with Gasteiger partial charge in [-0.1, -0.05) is 15.9 Å². The van der Waals surface area contributed by atoms with Crippen molar-refractivity contribution < 1.29 is 14.8 Å². The summed E-state index contributed by atoms with van der Waals surface area (Å²) in [4.78, 5) is 10.5. The zero-order valence-electron chi connectivity index (χ0n) is 10.1. The van der Waals surface area contributed by atoms with Crippen molar-refractivity contribution in [3.05, 3.63) is 32.3 Å². The average molecular weight is 336 g/mol. The number of nitro benzene ring substituents is 1. The van der Waals surface area contributed by atoms with Crippen molar-refractivity contribution in [1.82, 2.24) is 0 Å². The van der Waals surface area contributed by atoms with Gasteiger partial charge in [-0.3, -0.25) is 10.1 Å². The van der Waals surface area contributed by atoms with Crippen LogP contribution in [-0.4, -0.2) is 28.6 Å². The van der Waals surface area contributed by atoms with E-state index in [4.69, 9.17) is 4.74 Å². The van der Waals surface area contributed by atoms with Crippen LogP contribution >= 0.6 is 27.7 Å². The van der Waals surface area contributed by atoms with E-state index in [2.05, 4.69) is 15.9 Å². The predicted molar refractivity (Wildman–Crippen MR) is 75.3 cm³/mol. The summed E-state index contributed by atoms with van der Waals surface area (Å²) in [6, 6.07) is 3.01. The number of rotatable bonds is 6. The third-order valence-electron chi connectivity index (χ3n) is 2.24. The number of ether oxygens (including phenoxy) is 1. The molecule has 1 atom stereocenters. The third-order valence-corrected chi connectivity index (χ3v) is 3.28. The molecule has 18 heavy (non-hydrogen) atoms. The molecule has 0 heterocycles. The van der Waals surface area contributed by atoms with Crippen LogP contribution in [0.1, 0.15) is 18.6 Å². The van der Waals surface area contributed by atoms with E-state index in [-0.39, 0.29) is 11.4 Å². The quantitative estimate of drug-likeness (QED) is 0.491. The maximum atomic E-state index is 11.0. The molecule has 0 aliphatic rings. The van der Waals surface area contributed by atoms with Crippen LogP contribution in [0.2, 0.25) is 0 Å². The monoisotopic (exact) mass is 335 g/mol. The molecule has 0 aliphatic carbocycles. The number of benzene rings is 1. The first-order valence-corrected chi connectivity index (χ1v) is 7.43. The molecule has 5 nitrogen and oxygen atoms in total. The Balaban J connectivity index is 3.18. The van der Waals surface area contributed by atoms with E-state index in [1.807, 2.05) is 6.26 Å². The summed E-state index contributed by atoms with van der Waals surface area (Å²) >= 11 is 4.78. The second kappa shape index (κ2) is 6.96. The lowest BCUT2D eigenvalue weighted by atomic mass is 10.1. The number of aliphatic hydroxyl groups excluding tert-OH is 1. The van der Waals surface area contributed by atoms with Crippen LogP contribution in [0.25, 0.3) is 0 Å². The molecular weight excluding hydrogens is 322 g/mol. The van der Waals surface area contributed by atoms with Gasteiger partial charge < -0.3 is 9.84 Å². The van der Waals surface area contributed by atoms with Crippen LogP contribution < -0.4 is 4.74 Å². The van der Waals surface area contributed by atoms with E-state index in [9.17, 15) is 15.2 Å². The second-order valence-electron chi connectivity index (χ2n) is 3.62. The normalized spacial score (nSPS) is 12.2. The maximum absolute atomic E-state index is 11.0. The fraction of sp³-hybridized carbons (Fsp3) is 0.455. The Morgan fingerprint density at radius 2 is 2.28 bits per heavy atom. The van der Waals surface area contributed by atoms with E-state index >= 15 is 0 Å². The summed E-state index contributed by atoms with van der Waals surface area (Å²) in [7, 11) is 0. The van der Waals surface area contributed by atoms with Gasteiger partial charge in [0.1, 0.15) is 0 Å². The van der Waals surface area contributed by atoms with Crippen molar-refractivity contribution >= 4 is 33.4 Å². The van der Waals surface area contributed by atoms with E-state index in [1.165, 1.54) is 6.07 Å². The first-order valence-electron chi connectivity index (χ1n) is 5.25. The maximum Gasteiger partial charge on any atom is 0.312 e. The van der Waals surface area contributed by atoms with Crippen molar-refractivity contribution in [3.8, 4) is 5.75 Å². The molecule has 1 aromatic rings. The van der Waals surface area contributed by atoms with E-state index < -0.39 is 11.0 Å². The minimum atomic E-state index is -0.828. The Kier molecular flexibility index (Phi) is 5.90. The summed E-state index contributed by atoms with van der Waals surface area (Å²) < 4.78 is 5.99. The van der Waals surface area contributed by atoms with Gasteiger partial charge in [0, 0.05) is 21.9 Å².